The molecule has 5 rings (SSSR count). The molecule has 0 spiro atoms. The van der Waals surface area contributed by atoms with E-state index in [4.69, 9.17) is 9.72 Å². The topological polar surface area (TPSA) is 63.6 Å². The van der Waals surface area contributed by atoms with Crippen LogP contribution in [0, 0.1) is 0 Å². The molecule has 31 heavy (non-hydrogen) atoms. The maximum atomic E-state index is 12.9. The van der Waals surface area contributed by atoms with Crippen LogP contribution in [0.1, 0.15) is 40.4 Å². The molecule has 1 heterocycles. The fourth-order valence-electron chi connectivity index (χ4n) is 3.48. The van der Waals surface area contributed by atoms with Gasteiger partial charge in [0.1, 0.15) is 11.5 Å². The molecule has 0 atom stereocenters. The molecule has 152 valence electrons. The Morgan fingerprint density at radius 2 is 1.71 bits per heavy atom. The first kappa shape index (κ1) is 19.0. The summed E-state index contributed by atoms with van der Waals surface area (Å²) in [6, 6.07) is 26.8. The molecule has 0 aliphatic heterocycles. The summed E-state index contributed by atoms with van der Waals surface area (Å²) in [4.78, 5) is 17.6. The van der Waals surface area contributed by atoms with Gasteiger partial charge in [-0.3, -0.25) is 9.78 Å². The standard InChI is InChI=1S/C26H21N3O2/c30-26(23-16-25(19-13-14-19)28-24-12-5-4-11-22(23)24)29-27-17-18-7-6-10-21(15-18)31-20-8-2-1-3-9-20/h1-12,15-17,19H,13-14H2,(H,29,30)/b27-17+. The van der Waals surface area contributed by atoms with Crippen molar-refractivity contribution in [3.8, 4) is 11.5 Å². The molecule has 3 aromatic carbocycles. The van der Waals surface area contributed by atoms with E-state index < -0.39 is 0 Å². The van der Waals surface area contributed by atoms with Crippen molar-refractivity contribution in [3.05, 3.63) is 102 Å². The number of ether oxygens (including phenoxy) is 1. The number of nitrogens with zero attached hydrogens (tertiary/aromatic N) is 2. The normalized spacial score (nSPS) is 13.4. The highest BCUT2D eigenvalue weighted by atomic mass is 16.5. The third-order valence-corrected chi connectivity index (χ3v) is 5.19. The number of para-hydroxylation sites is 2. The first-order valence-electron chi connectivity index (χ1n) is 10.3. The third kappa shape index (κ3) is 4.46. The highest BCUT2D eigenvalue weighted by Crippen LogP contribution is 2.40. The van der Waals surface area contributed by atoms with Crippen molar-refractivity contribution in [1.82, 2.24) is 10.4 Å². The van der Waals surface area contributed by atoms with Crippen molar-refractivity contribution < 1.29 is 9.53 Å². The monoisotopic (exact) mass is 407 g/mol. The van der Waals surface area contributed by atoms with Gasteiger partial charge in [0.05, 0.1) is 17.3 Å². The van der Waals surface area contributed by atoms with Crippen LogP contribution in [-0.2, 0) is 0 Å². The van der Waals surface area contributed by atoms with E-state index in [0.29, 0.717) is 17.2 Å². The lowest BCUT2D eigenvalue weighted by Gasteiger charge is -2.08. The Labute approximate surface area is 180 Å². The highest BCUT2D eigenvalue weighted by Gasteiger charge is 2.26. The Balaban J connectivity index is 1.32. The lowest BCUT2D eigenvalue weighted by Crippen LogP contribution is -2.18. The van der Waals surface area contributed by atoms with Gasteiger partial charge in [0.25, 0.3) is 5.91 Å². The molecule has 1 N–H and O–H groups in total. The second-order valence-electron chi connectivity index (χ2n) is 7.57. The summed E-state index contributed by atoms with van der Waals surface area (Å²) in [5.41, 5.74) is 5.91. The van der Waals surface area contributed by atoms with E-state index in [1.54, 1.807) is 6.21 Å². The quantitative estimate of drug-likeness (QED) is 0.331. The van der Waals surface area contributed by atoms with Gasteiger partial charge in [-0.15, -0.1) is 0 Å². The molecule has 1 aromatic heterocycles. The van der Waals surface area contributed by atoms with Crippen molar-refractivity contribution in [2.75, 3.05) is 0 Å². The van der Waals surface area contributed by atoms with Crippen molar-refractivity contribution >= 4 is 23.0 Å². The fraction of sp³-hybridized carbons (Fsp3) is 0.115. The van der Waals surface area contributed by atoms with E-state index in [2.05, 4.69) is 10.5 Å². The van der Waals surface area contributed by atoms with Gasteiger partial charge in [0, 0.05) is 17.0 Å². The molecular weight excluding hydrogens is 386 g/mol. The number of amides is 1. The van der Waals surface area contributed by atoms with Crippen molar-refractivity contribution in [1.29, 1.82) is 0 Å². The van der Waals surface area contributed by atoms with Gasteiger partial charge in [-0.2, -0.15) is 5.10 Å². The number of pyridine rings is 1. The number of hydrogen-bond acceptors (Lipinski definition) is 4. The van der Waals surface area contributed by atoms with Crippen LogP contribution in [0.3, 0.4) is 0 Å². The minimum Gasteiger partial charge on any atom is -0.457 e. The van der Waals surface area contributed by atoms with Gasteiger partial charge < -0.3 is 4.74 Å². The number of hydrazone groups is 1. The Kier molecular flexibility index (Phi) is 5.15. The second kappa shape index (κ2) is 8.40. The molecule has 5 heteroatoms. The summed E-state index contributed by atoms with van der Waals surface area (Å²) in [6.45, 7) is 0. The molecule has 0 bridgehead atoms. The predicted octanol–water partition coefficient (Wildman–Crippen LogP) is 5.67. The Bertz CT molecular complexity index is 1260. The minimum absolute atomic E-state index is 0.242. The largest absolute Gasteiger partial charge is 0.457 e. The maximum absolute atomic E-state index is 12.9. The van der Waals surface area contributed by atoms with Crippen LogP contribution in [0.15, 0.2) is 90.0 Å². The van der Waals surface area contributed by atoms with Gasteiger partial charge in [0.2, 0.25) is 0 Å². The molecular formula is C26H21N3O2. The van der Waals surface area contributed by atoms with Crippen LogP contribution in [0.4, 0.5) is 0 Å². The van der Waals surface area contributed by atoms with Crippen molar-refractivity contribution in [3.63, 3.8) is 0 Å². The number of benzene rings is 3. The lowest BCUT2D eigenvalue weighted by molar-refractivity contribution is 0.0956. The van der Waals surface area contributed by atoms with Crippen molar-refractivity contribution in [2.45, 2.75) is 18.8 Å². The van der Waals surface area contributed by atoms with Gasteiger partial charge in [-0.05, 0) is 54.8 Å². The zero-order valence-corrected chi connectivity index (χ0v) is 16.9. The molecule has 1 saturated carbocycles. The van der Waals surface area contributed by atoms with E-state index in [1.807, 2.05) is 84.9 Å². The number of rotatable bonds is 6. The summed E-state index contributed by atoms with van der Waals surface area (Å²) in [7, 11) is 0. The maximum Gasteiger partial charge on any atom is 0.272 e. The molecule has 1 fully saturated rings. The fourth-order valence-corrected chi connectivity index (χ4v) is 3.48. The van der Waals surface area contributed by atoms with Gasteiger partial charge in [-0.25, -0.2) is 5.43 Å². The molecule has 0 radical (unpaired) electrons. The Hall–Kier alpha value is -3.99. The summed E-state index contributed by atoms with van der Waals surface area (Å²) in [6.07, 6.45) is 3.87. The number of fused-ring (bicyclic) bond motifs is 1. The summed E-state index contributed by atoms with van der Waals surface area (Å²) in [5, 5.41) is 4.99. The number of nitrogens with one attached hydrogen (secondary N) is 1. The average Bonchev–Trinajstić information content (AvgIpc) is 3.65. The van der Waals surface area contributed by atoms with E-state index in [-0.39, 0.29) is 5.91 Å². The molecule has 1 amide bonds. The average molecular weight is 407 g/mol. The zero-order valence-electron chi connectivity index (χ0n) is 16.9. The summed E-state index contributed by atoms with van der Waals surface area (Å²) >= 11 is 0. The van der Waals surface area contributed by atoms with Crippen LogP contribution in [-0.4, -0.2) is 17.1 Å². The second-order valence-corrected chi connectivity index (χ2v) is 7.57. The van der Waals surface area contributed by atoms with Gasteiger partial charge >= 0.3 is 0 Å². The zero-order chi connectivity index (χ0) is 21.0. The minimum atomic E-state index is -0.242. The van der Waals surface area contributed by atoms with E-state index >= 15 is 0 Å². The molecule has 4 aromatic rings. The third-order valence-electron chi connectivity index (χ3n) is 5.19. The number of carbonyl (C=O) groups is 1. The molecule has 0 saturated heterocycles. The SMILES string of the molecule is O=C(N/N=C/c1cccc(Oc2ccccc2)c1)c1cc(C2CC2)nc2ccccc12. The van der Waals surface area contributed by atoms with Gasteiger partial charge in [0.15, 0.2) is 0 Å². The van der Waals surface area contributed by atoms with Crippen molar-refractivity contribution in [2.24, 2.45) is 5.10 Å². The van der Waals surface area contributed by atoms with Gasteiger partial charge in [-0.1, -0.05) is 48.5 Å². The number of hydrogen-bond donors (Lipinski definition) is 1. The number of aromatic nitrogens is 1. The molecule has 5 nitrogen and oxygen atoms in total. The van der Waals surface area contributed by atoms with E-state index in [0.717, 1.165) is 40.8 Å². The molecule has 1 aliphatic rings. The highest BCUT2D eigenvalue weighted by molar-refractivity contribution is 6.06. The lowest BCUT2D eigenvalue weighted by atomic mass is 10.1. The van der Waals surface area contributed by atoms with E-state index in [1.165, 1.54) is 0 Å². The van der Waals surface area contributed by atoms with Crippen LogP contribution in [0.5, 0.6) is 11.5 Å². The first-order chi connectivity index (χ1) is 15.3. The predicted molar refractivity (Wildman–Crippen MR) is 122 cm³/mol. The first-order valence-corrected chi connectivity index (χ1v) is 10.3. The van der Waals surface area contributed by atoms with Crippen LogP contribution in [0.2, 0.25) is 0 Å². The molecule has 1 aliphatic carbocycles. The Morgan fingerprint density at radius 3 is 2.55 bits per heavy atom. The summed E-state index contributed by atoms with van der Waals surface area (Å²) < 4.78 is 5.85. The summed E-state index contributed by atoms with van der Waals surface area (Å²) in [5.74, 6) is 1.69. The van der Waals surface area contributed by atoms with Crippen LogP contribution >= 0.6 is 0 Å². The molecule has 0 unspecified atom stereocenters. The number of carbonyl (C=O) groups excluding carboxylic acids is 1. The Morgan fingerprint density at radius 1 is 0.935 bits per heavy atom. The van der Waals surface area contributed by atoms with Crippen LogP contribution < -0.4 is 10.2 Å². The smallest absolute Gasteiger partial charge is 0.272 e. The van der Waals surface area contributed by atoms with E-state index in [9.17, 15) is 4.79 Å². The van der Waals surface area contributed by atoms with Crippen LogP contribution in [0.25, 0.3) is 10.9 Å².